The van der Waals surface area contributed by atoms with Gasteiger partial charge in [0.05, 0.1) is 0 Å². The molecular weight excluding hydrogens is 246 g/mol. The van der Waals surface area contributed by atoms with Crippen molar-refractivity contribution in [1.29, 1.82) is 0 Å². The lowest BCUT2D eigenvalue weighted by Gasteiger charge is -2.59. The van der Waals surface area contributed by atoms with Gasteiger partial charge in [-0.05, 0) is 55.7 Å². The molecule has 3 aliphatic heterocycles. The normalized spacial score (nSPS) is 42.1. The van der Waals surface area contributed by atoms with E-state index >= 15 is 0 Å². The van der Waals surface area contributed by atoms with Gasteiger partial charge in [0.15, 0.2) is 0 Å². The molecule has 5 atom stereocenters. The van der Waals surface area contributed by atoms with E-state index in [9.17, 15) is 5.11 Å². The van der Waals surface area contributed by atoms with Crippen LogP contribution in [0.1, 0.15) is 61.6 Å². The quantitative estimate of drug-likeness (QED) is 0.774. The standard InChI is InChI=1S/C18H23NO/c20-15-9-4-7-13-17(15)16-11-5-3-6-12(11)18(13)19-10-2-1-8-14(16)19/h4,7,9,11-12,14,16,18,20H,1-3,5-6,8,10H2. The fourth-order valence-corrected chi connectivity index (χ4v) is 6.10. The van der Waals surface area contributed by atoms with E-state index in [0.29, 0.717) is 23.8 Å². The average Bonchev–Trinajstić information content (AvgIpc) is 2.97. The van der Waals surface area contributed by atoms with Crippen LogP contribution in [0.4, 0.5) is 0 Å². The minimum absolute atomic E-state index is 0.577. The molecule has 5 aliphatic rings. The van der Waals surface area contributed by atoms with Gasteiger partial charge in [0.1, 0.15) is 5.75 Å². The third-order valence-electron chi connectivity index (χ3n) is 6.62. The third kappa shape index (κ3) is 1.29. The number of hydrogen-bond donors (Lipinski definition) is 1. The molecule has 0 spiro atoms. The van der Waals surface area contributed by atoms with Gasteiger partial charge in [0, 0.05) is 23.6 Å². The molecular formula is C18H23NO. The molecule has 2 bridgehead atoms. The van der Waals surface area contributed by atoms with Gasteiger partial charge >= 0.3 is 0 Å². The summed E-state index contributed by atoms with van der Waals surface area (Å²) in [6.45, 7) is 1.28. The molecule has 1 saturated carbocycles. The summed E-state index contributed by atoms with van der Waals surface area (Å²) in [4.78, 5) is 2.82. The topological polar surface area (TPSA) is 23.5 Å². The Labute approximate surface area is 120 Å². The summed E-state index contributed by atoms with van der Waals surface area (Å²) in [7, 11) is 0. The number of rotatable bonds is 0. The van der Waals surface area contributed by atoms with E-state index in [-0.39, 0.29) is 0 Å². The molecule has 3 fully saturated rings. The molecule has 2 aliphatic carbocycles. The van der Waals surface area contributed by atoms with Crippen LogP contribution < -0.4 is 0 Å². The maximum absolute atomic E-state index is 10.5. The van der Waals surface area contributed by atoms with Crippen molar-refractivity contribution in [3.05, 3.63) is 29.3 Å². The van der Waals surface area contributed by atoms with Crippen LogP contribution in [0, 0.1) is 11.8 Å². The van der Waals surface area contributed by atoms with Gasteiger partial charge in [0.2, 0.25) is 0 Å². The molecule has 6 rings (SSSR count). The highest BCUT2D eigenvalue weighted by Crippen LogP contribution is 2.63. The molecule has 2 nitrogen and oxygen atoms in total. The second kappa shape index (κ2) is 4.00. The predicted molar refractivity (Wildman–Crippen MR) is 78.8 cm³/mol. The van der Waals surface area contributed by atoms with E-state index in [0.717, 1.165) is 11.8 Å². The fraction of sp³-hybridized carbons (Fsp3) is 0.667. The molecule has 2 saturated heterocycles. The first-order valence-electron chi connectivity index (χ1n) is 8.44. The van der Waals surface area contributed by atoms with Crippen molar-refractivity contribution < 1.29 is 5.11 Å². The lowest BCUT2D eigenvalue weighted by Crippen LogP contribution is -2.58. The summed E-state index contributed by atoms with van der Waals surface area (Å²) in [5.41, 5.74) is 2.81. The second-order valence-electron chi connectivity index (χ2n) is 7.31. The van der Waals surface area contributed by atoms with Crippen LogP contribution in [0.5, 0.6) is 5.75 Å². The summed E-state index contributed by atoms with van der Waals surface area (Å²) in [6.07, 6.45) is 8.29. The Morgan fingerprint density at radius 1 is 1.00 bits per heavy atom. The average molecular weight is 269 g/mol. The van der Waals surface area contributed by atoms with Gasteiger partial charge in [-0.15, -0.1) is 0 Å². The molecule has 20 heavy (non-hydrogen) atoms. The van der Waals surface area contributed by atoms with Crippen molar-refractivity contribution in [3.63, 3.8) is 0 Å². The van der Waals surface area contributed by atoms with Crippen LogP contribution >= 0.6 is 0 Å². The predicted octanol–water partition coefficient (Wildman–Crippen LogP) is 3.81. The van der Waals surface area contributed by atoms with Gasteiger partial charge in [-0.25, -0.2) is 0 Å². The lowest BCUT2D eigenvalue weighted by molar-refractivity contribution is -0.0449. The molecule has 106 valence electrons. The van der Waals surface area contributed by atoms with Crippen LogP contribution in [-0.4, -0.2) is 22.6 Å². The van der Waals surface area contributed by atoms with Crippen LogP contribution in [0.25, 0.3) is 0 Å². The number of phenolic OH excluding ortho intramolecular Hbond substituents is 1. The van der Waals surface area contributed by atoms with Crippen LogP contribution in [-0.2, 0) is 0 Å². The Morgan fingerprint density at radius 2 is 1.90 bits per heavy atom. The summed E-state index contributed by atoms with van der Waals surface area (Å²) < 4.78 is 0. The first-order valence-corrected chi connectivity index (χ1v) is 8.44. The highest BCUT2D eigenvalue weighted by molar-refractivity contribution is 5.49. The van der Waals surface area contributed by atoms with Crippen molar-refractivity contribution in [2.45, 2.75) is 56.5 Å². The number of piperidine rings is 2. The van der Waals surface area contributed by atoms with Crippen molar-refractivity contribution in [1.82, 2.24) is 4.90 Å². The third-order valence-corrected chi connectivity index (χ3v) is 6.62. The number of benzene rings is 1. The Hall–Kier alpha value is -1.02. The highest BCUT2D eigenvalue weighted by atomic mass is 16.3. The van der Waals surface area contributed by atoms with E-state index in [1.807, 2.05) is 6.07 Å². The smallest absolute Gasteiger partial charge is 0.119 e. The zero-order chi connectivity index (χ0) is 13.3. The largest absolute Gasteiger partial charge is 0.508 e. The van der Waals surface area contributed by atoms with Crippen molar-refractivity contribution >= 4 is 0 Å². The Balaban J connectivity index is 1.74. The van der Waals surface area contributed by atoms with Crippen LogP contribution in [0.2, 0.25) is 0 Å². The van der Waals surface area contributed by atoms with Gasteiger partial charge in [-0.1, -0.05) is 25.0 Å². The Kier molecular flexibility index (Phi) is 2.33. The monoisotopic (exact) mass is 269 g/mol. The van der Waals surface area contributed by atoms with E-state index < -0.39 is 0 Å². The van der Waals surface area contributed by atoms with E-state index in [2.05, 4.69) is 17.0 Å². The highest BCUT2D eigenvalue weighted by Gasteiger charge is 2.57. The molecule has 3 heterocycles. The summed E-state index contributed by atoms with van der Waals surface area (Å²) in [6, 6.07) is 7.59. The summed E-state index contributed by atoms with van der Waals surface area (Å²) in [5.74, 6) is 2.90. The lowest BCUT2D eigenvalue weighted by atomic mass is 9.59. The Morgan fingerprint density at radius 3 is 2.85 bits per heavy atom. The maximum atomic E-state index is 10.5. The molecule has 0 radical (unpaired) electrons. The first kappa shape index (κ1) is 11.6. The minimum Gasteiger partial charge on any atom is -0.508 e. The van der Waals surface area contributed by atoms with Crippen molar-refractivity contribution in [2.24, 2.45) is 11.8 Å². The first-order chi connectivity index (χ1) is 9.86. The molecule has 1 aromatic carbocycles. The van der Waals surface area contributed by atoms with Crippen molar-refractivity contribution in [2.75, 3.05) is 6.54 Å². The summed E-state index contributed by atoms with van der Waals surface area (Å²) in [5, 5.41) is 10.5. The molecule has 1 N–H and O–H groups in total. The zero-order valence-electron chi connectivity index (χ0n) is 12.0. The number of aromatic hydroxyl groups is 1. The van der Waals surface area contributed by atoms with E-state index in [1.54, 1.807) is 0 Å². The van der Waals surface area contributed by atoms with E-state index in [1.165, 1.54) is 56.2 Å². The maximum Gasteiger partial charge on any atom is 0.119 e. The SMILES string of the molecule is Oc1cccc2c1C1C3CCCC3C2N2CCCCC12. The summed E-state index contributed by atoms with van der Waals surface area (Å²) >= 11 is 0. The van der Waals surface area contributed by atoms with E-state index in [4.69, 9.17) is 0 Å². The van der Waals surface area contributed by atoms with Crippen LogP contribution in [0.3, 0.4) is 0 Å². The number of nitrogens with zero attached hydrogens (tertiary/aromatic N) is 1. The van der Waals surface area contributed by atoms with Crippen LogP contribution in [0.15, 0.2) is 18.2 Å². The van der Waals surface area contributed by atoms with Gasteiger partial charge in [-0.2, -0.15) is 0 Å². The molecule has 2 heteroatoms. The van der Waals surface area contributed by atoms with Gasteiger partial charge in [0.25, 0.3) is 0 Å². The van der Waals surface area contributed by atoms with Crippen molar-refractivity contribution in [3.8, 4) is 5.75 Å². The molecule has 1 aromatic rings. The Bertz CT molecular complexity index is 554. The number of hydrogen-bond acceptors (Lipinski definition) is 2. The zero-order valence-corrected chi connectivity index (χ0v) is 12.0. The molecule has 0 amide bonds. The van der Waals surface area contributed by atoms with Gasteiger partial charge in [-0.3, -0.25) is 4.90 Å². The van der Waals surface area contributed by atoms with Gasteiger partial charge < -0.3 is 5.11 Å². The second-order valence-corrected chi connectivity index (χ2v) is 7.31. The number of phenols is 1. The fourth-order valence-electron chi connectivity index (χ4n) is 6.10. The minimum atomic E-state index is 0.577. The molecule has 0 aromatic heterocycles. The molecule has 5 unspecified atom stereocenters.